The molecule has 0 amide bonds. The number of hydrogen-bond acceptors (Lipinski definition) is 5. The van der Waals surface area contributed by atoms with Gasteiger partial charge >= 0.3 is 0 Å². The molecule has 4 aromatic rings. The van der Waals surface area contributed by atoms with Gasteiger partial charge in [-0.15, -0.1) is 5.10 Å². The van der Waals surface area contributed by atoms with E-state index in [9.17, 15) is 9.18 Å². The van der Waals surface area contributed by atoms with E-state index in [0.717, 1.165) is 5.56 Å². The summed E-state index contributed by atoms with van der Waals surface area (Å²) in [4.78, 5) is 21.3. The highest BCUT2D eigenvalue weighted by molar-refractivity contribution is 7.15. The summed E-state index contributed by atoms with van der Waals surface area (Å²) >= 11 is 1.22. The van der Waals surface area contributed by atoms with Crippen LogP contribution in [0.3, 0.4) is 0 Å². The van der Waals surface area contributed by atoms with E-state index in [2.05, 4.69) is 15.1 Å². The fourth-order valence-electron chi connectivity index (χ4n) is 2.20. The van der Waals surface area contributed by atoms with Crippen molar-refractivity contribution < 1.29 is 4.39 Å². The fourth-order valence-corrected chi connectivity index (χ4v) is 3.11. The molecule has 0 radical (unpaired) electrons. The molecule has 0 fully saturated rings. The Kier molecular flexibility index (Phi) is 3.20. The fraction of sp³-hybridized carbons (Fsp3) is 0. The number of aromatic nitrogens is 4. The van der Waals surface area contributed by atoms with E-state index in [1.807, 2.05) is 6.07 Å². The molecule has 0 atom stereocenters. The Morgan fingerprint density at radius 3 is 2.87 bits per heavy atom. The van der Waals surface area contributed by atoms with Crippen molar-refractivity contribution in [2.75, 3.05) is 0 Å². The van der Waals surface area contributed by atoms with Crippen molar-refractivity contribution in [3.8, 4) is 11.4 Å². The van der Waals surface area contributed by atoms with Gasteiger partial charge in [-0.05, 0) is 35.9 Å². The Labute approximate surface area is 133 Å². The van der Waals surface area contributed by atoms with E-state index in [4.69, 9.17) is 0 Å². The molecule has 7 heteroatoms. The summed E-state index contributed by atoms with van der Waals surface area (Å²) in [6.45, 7) is 0. The van der Waals surface area contributed by atoms with Gasteiger partial charge in [0, 0.05) is 18.0 Å². The number of halogens is 1. The first-order valence-corrected chi connectivity index (χ1v) is 7.60. The minimum Gasteiger partial charge on any atom is -0.266 e. The second-order valence-electron chi connectivity index (χ2n) is 4.84. The van der Waals surface area contributed by atoms with Crippen LogP contribution in [0.2, 0.25) is 0 Å². The highest BCUT2D eigenvalue weighted by Crippen LogP contribution is 2.14. The molecule has 0 aliphatic heterocycles. The predicted molar refractivity (Wildman–Crippen MR) is 85.5 cm³/mol. The third kappa shape index (κ3) is 2.51. The van der Waals surface area contributed by atoms with Crippen LogP contribution in [0.5, 0.6) is 0 Å². The first kappa shape index (κ1) is 13.7. The number of hydrogen-bond donors (Lipinski definition) is 0. The number of benzene rings is 1. The molecule has 0 saturated heterocycles. The van der Waals surface area contributed by atoms with E-state index in [0.29, 0.717) is 20.9 Å². The molecular formula is C16H9FN4OS. The molecule has 3 heterocycles. The number of fused-ring (bicyclic) bond motifs is 1. The van der Waals surface area contributed by atoms with Crippen molar-refractivity contribution >= 4 is 22.4 Å². The van der Waals surface area contributed by atoms with Crippen molar-refractivity contribution in [3.05, 3.63) is 75.1 Å². The molecule has 0 aliphatic carbocycles. The maximum absolute atomic E-state index is 13.2. The van der Waals surface area contributed by atoms with Crippen LogP contribution in [-0.4, -0.2) is 19.6 Å². The molecule has 0 unspecified atom stereocenters. The lowest BCUT2D eigenvalue weighted by Crippen LogP contribution is -2.23. The Morgan fingerprint density at radius 2 is 2.13 bits per heavy atom. The summed E-state index contributed by atoms with van der Waals surface area (Å²) in [5, 5.41) is 4.23. The van der Waals surface area contributed by atoms with Gasteiger partial charge in [-0.1, -0.05) is 23.5 Å². The molecule has 0 bridgehead atoms. The minimum absolute atomic E-state index is 0.267. The summed E-state index contributed by atoms with van der Waals surface area (Å²) < 4.78 is 14.9. The Hall–Kier alpha value is -2.93. The van der Waals surface area contributed by atoms with Crippen molar-refractivity contribution in [1.82, 2.24) is 19.6 Å². The van der Waals surface area contributed by atoms with Crippen LogP contribution in [-0.2, 0) is 0 Å². The first-order valence-electron chi connectivity index (χ1n) is 6.78. The SMILES string of the molecule is O=c1c(=Cc2cccc(F)c2)sc2nc(-c3cccnc3)nn12. The van der Waals surface area contributed by atoms with Gasteiger partial charge in [0.15, 0.2) is 5.82 Å². The summed E-state index contributed by atoms with van der Waals surface area (Å²) in [6, 6.07) is 9.68. The minimum atomic E-state index is -0.343. The first-order chi connectivity index (χ1) is 11.2. The maximum Gasteiger partial charge on any atom is 0.291 e. The van der Waals surface area contributed by atoms with Crippen LogP contribution in [0, 0.1) is 5.82 Å². The monoisotopic (exact) mass is 324 g/mol. The summed E-state index contributed by atoms with van der Waals surface area (Å²) in [5.41, 5.74) is 1.11. The number of nitrogens with zero attached hydrogens (tertiary/aromatic N) is 4. The summed E-state index contributed by atoms with van der Waals surface area (Å²) in [5.74, 6) is 0.114. The van der Waals surface area contributed by atoms with Crippen molar-refractivity contribution in [2.45, 2.75) is 0 Å². The second kappa shape index (κ2) is 5.36. The molecular weight excluding hydrogens is 315 g/mol. The van der Waals surface area contributed by atoms with E-state index in [-0.39, 0.29) is 11.4 Å². The smallest absolute Gasteiger partial charge is 0.266 e. The van der Waals surface area contributed by atoms with Gasteiger partial charge in [0.2, 0.25) is 4.96 Å². The number of thiazole rings is 1. The van der Waals surface area contributed by atoms with Crippen molar-refractivity contribution in [1.29, 1.82) is 0 Å². The molecule has 1 aromatic carbocycles. The molecule has 0 aliphatic rings. The van der Waals surface area contributed by atoms with Gasteiger partial charge < -0.3 is 0 Å². The molecule has 0 N–H and O–H groups in total. The van der Waals surface area contributed by atoms with Crippen LogP contribution >= 0.6 is 11.3 Å². The third-order valence-electron chi connectivity index (χ3n) is 3.25. The van der Waals surface area contributed by atoms with Crippen LogP contribution in [0.1, 0.15) is 5.56 Å². The quantitative estimate of drug-likeness (QED) is 0.565. The highest BCUT2D eigenvalue weighted by Gasteiger charge is 2.11. The third-order valence-corrected chi connectivity index (χ3v) is 4.21. The molecule has 112 valence electrons. The zero-order valence-corrected chi connectivity index (χ0v) is 12.5. The van der Waals surface area contributed by atoms with Crippen molar-refractivity contribution in [2.24, 2.45) is 0 Å². The molecule has 0 spiro atoms. The molecule has 4 rings (SSSR count). The van der Waals surface area contributed by atoms with Crippen LogP contribution in [0.15, 0.2) is 53.6 Å². The standard InChI is InChI=1S/C16H9FN4OS/c17-12-5-1-3-10(7-12)8-13-15(22)21-16(23-13)19-14(20-21)11-4-2-6-18-9-11/h1-9H. The van der Waals surface area contributed by atoms with E-state index in [1.165, 1.54) is 28.0 Å². The molecule has 23 heavy (non-hydrogen) atoms. The van der Waals surface area contributed by atoms with Gasteiger partial charge in [-0.2, -0.15) is 9.50 Å². The van der Waals surface area contributed by atoms with Crippen LogP contribution < -0.4 is 10.1 Å². The van der Waals surface area contributed by atoms with Crippen LogP contribution in [0.25, 0.3) is 22.4 Å². The van der Waals surface area contributed by atoms with Crippen molar-refractivity contribution in [3.63, 3.8) is 0 Å². The topological polar surface area (TPSA) is 60.2 Å². The molecule has 5 nitrogen and oxygen atoms in total. The number of pyridine rings is 1. The molecule has 0 saturated carbocycles. The lowest BCUT2D eigenvalue weighted by atomic mass is 10.2. The number of rotatable bonds is 2. The lowest BCUT2D eigenvalue weighted by molar-refractivity contribution is 0.627. The van der Waals surface area contributed by atoms with E-state index < -0.39 is 0 Å². The Bertz CT molecular complexity index is 1100. The van der Waals surface area contributed by atoms with Gasteiger partial charge in [-0.25, -0.2) is 4.39 Å². The Morgan fingerprint density at radius 1 is 1.22 bits per heavy atom. The summed E-state index contributed by atoms with van der Waals surface area (Å²) in [6.07, 6.45) is 4.94. The van der Waals surface area contributed by atoms with Gasteiger partial charge in [-0.3, -0.25) is 9.78 Å². The second-order valence-corrected chi connectivity index (χ2v) is 5.85. The van der Waals surface area contributed by atoms with Gasteiger partial charge in [0.05, 0.1) is 4.53 Å². The highest BCUT2D eigenvalue weighted by atomic mass is 32.1. The average Bonchev–Trinajstić information content (AvgIpc) is 3.09. The largest absolute Gasteiger partial charge is 0.291 e. The average molecular weight is 324 g/mol. The van der Waals surface area contributed by atoms with Crippen LogP contribution in [0.4, 0.5) is 4.39 Å². The Balaban J connectivity index is 1.84. The van der Waals surface area contributed by atoms with Gasteiger partial charge in [0.25, 0.3) is 5.56 Å². The van der Waals surface area contributed by atoms with E-state index >= 15 is 0 Å². The summed E-state index contributed by atoms with van der Waals surface area (Å²) in [7, 11) is 0. The maximum atomic E-state index is 13.2. The zero-order chi connectivity index (χ0) is 15.8. The van der Waals surface area contributed by atoms with Gasteiger partial charge in [0.1, 0.15) is 5.82 Å². The lowest BCUT2D eigenvalue weighted by Gasteiger charge is -1.91. The van der Waals surface area contributed by atoms with E-state index in [1.54, 1.807) is 36.7 Å². The molecule has 3 aromatic heterocycles. The normalized spacial score (nSPS) is 12.1. The zero-order valence-electron chi connectivity index (χ0n) is 11.7. The predicted octanol–water partition coefficient (Wildman–Crippen LogP) is 1.90.